The molecule has 0 saturated carbocycles. The van der Waals surface area contributed by atoms with Gasteiger partial charge in [0.2, 0.25) is 5.13 Å². The molecule has 0 atom stereocenters. The molecule has 0 bridgehead atoms. The fraction of sp³-hybridized carbons (Fsp3) is 0. The summed E-state index contributed by atoms with van der Waals surface area (Å²) in [4.78, 5) is 25.0. The number of carbonyl (C=O) groups excluding carboxylic acids is 2. The van der Waals surface area contributed by atoms with Crippen LogP contribution in [0.3, 0.4) is 0 Å². The third-order valence-corrected chi connectivity index (χ3v) is 4.22. The number of thiophene rings is 1. The van der Waals surface area contributed by atoms with Gasteiger partial charge in [-0.2, -0.15) is 0 Å². The van der Waals surface area contributed by atoms with Crippen molar-refractivity contribution >= 4 is 45.3 Å². The van der Waals surface area contributed by atoms with E-state index in [0.29, 0.717) is 21.3 Å². The summed E-state index contributed by atoms with van der Waals surface area (Å²) in [5, 5.41) is 15.0. The normalized spacial score (nSPS) is 10.2. The van der Waals surface area contributed by atoms with Crippen LogP contribution in [0.15, 0.2) is 47.3 Å². The maximum absolute atomic E-state index is 12.3. The number of benzene rings is 1. The minimum Gasteiger partial charge on any atom is -0.321 e. The number of nitrogens with one attached hydrogen (secondary N) is 2. The van der Waals surface area contributed by atoms with Crippen molar-refractivity contribution in [3.05, 3.63) is 57.7 Å². The second kappa shape index (κ2) is 6.46. The van der Waals surface area contributed by atoms with Crippen LogP contribution in [-0.2, 0) is 0 Å². The highest BCUT2D eigenvalue weighted by molar-refractivity contribution is 7.13. The molecule has 3 aromatic rings. The molecule has 0 aliphatic carbocycles. The van der Waals surface area contributed by atoms with Crippen molar-refractivity contribution in [1.29, 1.82) is 0 Å². The van der Waals surface area contributed by atoms with Gasteiger partial charge in [-0.3, -0.25) is 14.9 Å². The average Bonchev–Trinajstić information content (AvgIpc) is 3.21. The number of carbonyl (C=O) groups is 2. The van der Waals surface area contributed by atoms with Gasteiger partial charge >= 0.3 is 0 Å². The Balaban J connectivity index is 1.80. The van der Waals surface area contributed by atoms with E-state index in [1.165, 1.54) is 28.2 Å². The van der Waals surface area contributed by atoms with E-state index in [1.807, 2.05) is 5.38 Å². The van der Waals surface area contributed by atoms with Gasteiger partial charge in [-0.25, -0.2) is 0 Å². The van der Waals surface area contributed by atoms with E-state index in [-0.39, 0.29) is 11.8 Å². The van der Waals surface area contributed by atoms with Crippen LogP contribution in [0, 0.1) is 0 Å². The highest BCUT2D eigenvalue weighted by Gasteiger charge is 2.15. The maximum atomic E-state index is 12.3. The van der Waals surface area contributed by atoms with Gasteiger partial charge in [-0.1, -0.05) is 29.5 Å². The average molecular weight is 330 g/mol. The SMILES string of the molecule is O=C(Nc1ccccc1C(=O)Nc1nncs1)c1cccs1. The lowest BCUT2D eigenvalue weighted by Gasteiger charge is -2.09. The van der Waals surface area contributed by atoms with Crippen molar-refractivity contribution in [1.82, 2.24) is 10.2 Å². The first-order valence-electron chi connectivity index (χ1n) is 6.25. The van der Waals surface area contributed by atoms with Gasteiger partial charge in [0.15, 0.2) is 0 Å². The Labute approximate surface area is 133 Å². The molecule has 1 aromatic carbocycles. The smallest absolute Gasteiger partial charge is 0.265 e. The zero-order valence-corrected chi connectivity index (χ0v) is 12.8. The lowest BCUT2D eigenvalue weighted by molar-refractivity contribution is 0.102. The van der Waals surface area contributed by atoms with Crippen LogP contribution in [0.25, 0.3) is 0 Å². The first-order chi connectivity index (χ1) is 10.7. The zero-order valence-electron chi connectivity index (χ0n) is 11.1. The molecule has 2 aromatic heterocycles. The standard InChI is InChI=1S/C14H10N4O2S2/c19-12(17-14-18-15-8-22-14)9-4-1-2-5-10(9)16-13(20)11-6-3-7-21-11/h1-8H,(H,16,20)(H,17,18,19). The minimum absolute atomic E-state index is 0.244. The highest BCUT2D eigenvalue weighted by atomic mass is 32.1. The van der Waals surface area contributed by atoms with Crippen molar-refractivity contribution < 1.29 is 9.59 Å². The second-order valence-corrected chi connectivity index (χ2v) is 5.96. The quantitative estimate of drug-likeness (QED) is 0.770. The Kier molecular flexibility index (Phi) is 4.22. The molecule has 2 heterocycles. The van der Waals surface area contributed by atoms with Crippen molar-refractivity contribution in [2.24, 2.45) is 0 Å². The molecule has 3 rings (SSSR count). The molecule has 2 amide bonds. The van der Waals surface area contributed by atoms with E-state index in [9.17, 15) is 9.59 Å². The Hall–Kier alpha value is -2.58. The van der Waals surface area contributed by atoms with Crippen LogP contribution in [0.2, 0.25) is 0 Å². The van der Waals surface area contributed by atoms with Crippen molar-refractivity contribution in [3.8, 4) is 0 Å². The van der Waals surface area contributed by atoms with Gasteiger partial charge in [-0.05, 0) is 23.6 Å². The zero-order chi connectivity index (χ0) is 15.4. The minimum atomic E-state index is -0.348. The van der Waals surface area contributed by atoms with E-state index in [0.717, 1.165) is 0 Å². The highest BCUT2D eigenvalue weighted by Crippen LogP contribution is 2.19. The summed E-state index contributed by atoms with van der Waals surface area (Å²) >= 11 is 2.56. The number of hydrogen-bond donors (Lipinski definition) is 2. The second-order valence-electron chi connectivity index (χ2n) is 4.18. The predicted molar refractivity (Wildman–Crippen MR) is 86.6 cm³/mol. The van der Waals surface area contributed by atoms with Crippen LogP contribution in [0.5, 0.6) is 0 Å². The Morgan fingerprint density at radius 2 is 1.82 bits per heavy atom. The molecule has 0 radical (unpaired) electrons. The number of amides is 2. The molecular weight excluding hydrogens is 320 g/mol. The molecule has 6 nitrogen and oxygen atoms in total. The number of rotatable bonds is 4. The van der Waals surface area contributed by atoms with Crippen LogP contribution in [-0.4, -0.2) is 22.0 Å². The molecule has 0 saturated heterocycles. The molecule has 8 heteroatoms. The van der Waals surface area contributed by atoms with Gasteiger partial charge in [-0.15, -0.1) is 21.5 Å². The van der Waals surface area contributed by atoms with E-state index >= 15 is 0 Å². The Bertz CT molecular complexity index is 785. The van der Waals surface area contributed by atoms with E-state index in [2.05, 4.69) is 20.8 Å². The molecule has 0 aliphatic heterocycles. The molecule has 2 N–H and O–H groups in total. The third kappa shape index (κ3) is 3.18. The molecule has 0 fully saturated rings. The Morgan fingerprint density at radius 3 is 2.55 bits per heavy atom. The number of para-hydroxylation sites is 1. The van der Waals surface area contributed by atoms with Crippen LogP contribution < -0.4 is 10.6 Å². The van der Waals surface area contributed by atoms with Crippen LogP contribution in [0.4, 0.5) is 10.8 Å². The van der Waals surface area contributed by atoms with E-state index < -0.39 is 0 Å². The summed E-state index contributed by atoms with van der Waals surface area (Å²) in [7, 11) is 0. The number of nitrogens with zero attached hydrogens (tertiary/aromatic N) is 2. The number of aromatic nitrogens is 2. The van der Waals surface area contributed by atoms with Gasteiger partial charge in [0.05, 0.1) is 16.1 Å². The summed E-state index contributed by atoms with van der Waals surface area (Å²) in [6.07, 6.45) is 0. The largest absolute Gasteiger partial charge is 0.321 e. The lowest BCUT2D eigenvalue weighted by Crippen LogP contribution is -2.17. The maximum Gasteiger partial charge on any atom is 0.265 e. The monoisotopic (exact) mass is 330 g/mol. The summed E-state index contributed by atoms with van der Waals surface area (Å²) in [6.45, 7) is 0. The number of anilines is 2. The molecular formula is C14H10N4O2S2. The molecule has 0 unspecified atom stereocenters. The van der Waals surface area contributed by atoms with Crippen molar-refractivity contribution in [3.63, 3.8) is 0 Å². The lowest BCUT2D eigenvalue weighted by atomic mass is 10.1. The first kappa shape index (κ1) is 14.4. The summed E-state index contributed by atoms with van der Waals surface area (Å²) in [5.74, 6) is -0.593. The fourth-order valence-electron chi connectivity index (χ4n) is 1.77. The van der Waals surface area contributed by atoms with Crippen LogP contribution in [0.1, 0.15) is 20.0 Å². The van der Waals surface area contributed by atoms with Gasteiger partial charge in [0.25, 0.3) is 11.8 Å². The van der Waals surface area contributed by atoms with Crippen molar-refractivity contribution in [2.75, 3.05) is 10.6 Å². The molecule has 0 spiro atoms. The predicted octanol–water partition coefficient (Wildman–Crippen LogP) is 3.10. The third-order valence-electron chi connectivity index (χ3n) is 2.75. The first-order valence-corrected chi connectivity index (χ1v) is 8.01. The summed E-state index contributed by atoms with van der Waals surface area (Å²) < 4.78 is 0. The molecule has 0 aliphatic rings. The van der Waals surface area contributed by atoms with Gasteiger partial charge in [0.1, 0.15) is 5.51 Å². The van der Waals surface area contributed by atoms with Crippen molar-refractivity contribution in [2.45, 2.75) is 0 Å². The Morgan fingerprint density at radius 1 is 0.955 bits per heavy atom. The fourth-order valence-corrected chi connectivity index (χ4v) is 2.83. The molecule has 110 valence electrons. The topological polar surface area (TPSA) is 84.0 Å². The summed E-state index contributed by atoms with van der Waals surface area (Å²) in [5.41, 5.74) is 2.34. The van der Waals surface area contributed by atoms with Crippen LogP contribution >= 0.6 is 22.7 Å². The van der Waals surface area contributed by atoms with Gasteiger partial charge in [0, 0.05) is 0 Å². The van der Waals surface area contributed by atoms with Gasteiger partial charge < -0.3 is 5.32 Å². The summed E-state index contributed by atoms with van der Waals surface area (Å²) in [6, 6.07) is 10.3. The molecule has 22 heavy (non-hydrogen) atoms. The van der Waals surface area contributed by atoms with E-state index in [1.54, 1.807) is 36.4 Å². The number of hydrogen-bond acceptors (Lipinski definition) is 6. The van der Waals surface area contributed by atoms with E-state index in [4.69, 9.17) is 0 Å².